The summed E-state index contributed by atoms with van der Waals surface area (Å²) < 4.78 is 0. The van der Waals surface area contributed by atoms with E-state index in [1.54, 1.807) is 7.05 Å². The smallest absolute Gasteiger partial charge is 0.246 e. The van der Waals surface area contributed by atoms with Gasteiger partial charge >= 0.3 is 0 Å². The van der Waals surface area contributed by atoms with Crippen molar-refractivity contribution in [3.63, 3.8) is 0 Å². The monoisotopic (exact) mass is 353 g/mol. The molecule has 0 aliphatic heterocycles. The van der Waals surface area contributed by atoms with Crippen LogP contribution in [0.3, 0.4) is 0 Å². The summed E-state index contributed by atoms with van der Waals surface area (Å²) in [6, 6.07) is 18.7. The lowest BCUT2D eigenvalue weighted by molar-refractivity contribution is -0.129. The summed E-state index contributed by atoms with van der Waals surface area (Å²) in [5, 5.41) is 5.49. The molecule has 138 valence electrons. The van der Waals surface area contributed by atoms with Gasteiger partial charge in [0.15, 0.2) is 0 Å². The van der Waals surface area contributed by atoms with Gasteiger partial charge in [-0.15, -0.1) is 0 Å². The molecule has 0 fully saturated rings. The molecule has 2 rings (SSSR count). The second-order valence-corrected chi connectivity index (χ2v) is 6.22. The average molecular weight is 353 g/mol. The number of nitrogens with one attached hydrogen (secondary N) is 2. The van der Waals surface area contributed by atoms with Crippen molar-refractivity contribution in [1.82, 2.24) is 15.5 Å². The van der Waals surface area contributed by atoms with E-state index in [0.29, 0.717) is 6.54 Å². The number of amides is 2. The van der Waals surface area contributed by atoms with E-state index >= 15 is 0 Å². The minimum Gasteiger partial charge on any atom is -0.357 e. The van der Waals surface area contributed by atoms with E-state index in [2.05, 4.69) is 34.6 Å². The quantitative estimate of drug-likeness (QED) is 0.728. The molecule has 2 aromatic rings. The Kier molecular flexibility index (Phi) is 7.83. The van der Waals surface area contributed by atoms with Crippen molar-refractivity contribution in [2.24, 2.45) is 0 Å². The van der Waals surface area contributed by atoms with Crippen LogP contribution >= 0.6 is 0 Å². The molecular formula is C21H27N3O2. The number of carbonyl (C=O) groups excluding carboxylic acids is 2. The SMILES string of the molecule is CCCN(CC(=O)NC(C(=O)NC)c1ccccc1)Cc1ccccc1. The Bertz CT molecular complexity index is 689. The summed E-state index contributed by atoms with van der Waals surface area (Å²) >= 11 is 0. The first kappa shape index (κ1) is 19.7. The normalized spacial score (nSPS) is 11.8. The summed E-state index contributed by atoms with van der Waals surface area (Å²) in [5.74, 6) is -0.388. The minimum atomic E-state index is -0.686. The third-order valence-electron chi connectivity index (χ3n) is 4.10. The molecule has 0 bridgehead atoms. The van der Waals surface area contributed by atoms with Gasteiger partial charge in [0.05, 0.1) is 6.54 Å². The van der Waals surface area contributed by atoms with E-state index in [0.717, 1.165) is 18.5 Å². The van der Waals surface area contributed by atoms with Gasteiger partial charge in [-0.25, -0.2) is 0 Å². The minimum absolute atomic E-state index is 0.160. The van der Waals surface area contributed by atoms with Crippen molar-refractivity contribution in [1.29, 1.82) is 0 Å². The molecule has 0 aliphatic carbocycles. The van der Waals surface area contributed by atoms with Crippen LogP contribution in [0.25, 0.3) is 0 Å². The Balaban J connectivity index is 2.03. The van der Waals surface area contributed by atoms with Crippen LogP contribution in [0.4, 0.5) is 0 Å². The molecule has 2 amide bonds. The predicted molar refractivity (Wildman–Crippen MR) is 103 cm³/mol. The maximum absolute atomic E-state index is 12.6. The third-order valence-corrected chi connectivity index (χ3v) is 4.10. The average Bonchev–Trinajstić information content (AvgIpc) is 2.67. The Labute approximate surface area is 155 Å². The maximum Gasteiger partial charge on any atom is 0.246 e. The molecule has 2 N–H and O–H groups in total. The highest BCUT2D eigenvalue weighted by molar-refractivity contribution is 5.89. The van der Waals surface area contributed by atoms with E-state index in [9.17, 15) is 9.59 Å². The number of hydrogen-bond donors (Lipinski definition) is 2. The van der Waals surface area contributed by atoms with Crippen molar-refractivity contribution in [2.75, 3.05) is 20.1 Å². The van der Waals surface area contributed by atoms with Gasteiger partial charge in [0.25, 0.3) is 0 Å². The zero-order chi connectivity index (χ0) is 18.8. The van der Waals surface area contributed by atoms with Crippen LogP contribution in [0.2, 0.25) is 0 Å². The van der Waals surface area contributed by atoms with Crippen LogP contribution in [-0.2, 0) is 16.1 Å². The highest BCUT2D eigenvalue weighted by Crippen LogP contribution is 2.13. The number of carbonyl (C=O) groups is 2. The highest BCUT2D eigenvalue weighted by atomic mass is 16.2. The van der Waals surface area contributed by atoms with E-state index in [1.807, 2.05) is 48.5 Å². The second kappa shape index (κ2) is 10.4. The van der Waals surface area contributed by atoms with E-state index in [1.165, 1.54) is 5.56 Å². The maximum atomic E-state index is 12.6. The van der Waals surface area contributed by atoms with Gasteiger partial charge in [-0.2, -0.15) is 0 Å². The van der Waals surface area contributed by atoms with Gasteiger partial charge in [-0.3, -0.25) is 14.5 Å². The van der Waals surface area contributed by atoms with Crippen molar-refractivity contribution in [2.45, 2.75) is 25.9 Å². The van der Waals surface area contributed by atoms with Gasteiger partial charge in [-0.05, 0) is 24.1 Å². The molecule has 0 aliphatic rings. The molecule has 26 heavy (non-hydrogen) atoms. The first-order valence-corrected chi connectivity index (χ1v) is 8.96. The van der Waals surface area contributed by atoms with Gasteiger partial charge in [-0.1, -0.05) is 67.6 Å². The molecule has 2 aromatic carbocycles. The standard InChI is InChI=1S/C21H27N3O2/c1-3-14-24(15-17-10-6-4-7-11-17)16-19(25)23-20(21(26)22-2)18-12-8-5-9-13-18/h4-13,20H,3,14-16H2,1-2H3,(H,22,26)(H,23,25). The van der Waals surface area contributed by atoms with Gasteiger partial charge in [0, 0.05) is 13.6 Å². The fourth-order valence-corrected chi connectivity index (χ4v) is 2.87. The summed E-state index contributed by atoms with van der Waals surface area (Å²) in [7, 11) is 1.57. The Morgan fingerprint density at radius 2 is 1.62 bits per heavy atom. The Hall–Kier alpha value is -2.66. The molecule has 0 aromatic heterocycles. The lowest BCUT2D eigenvalue weighted by Gasteiger charge is -2.23. The van der Waals surface area contributed by atoms with Crippen LogP contribution in [-0.4, -0.2) is 36.9 Å². The molecule has 0 radical (unpaired) electrons. The summed E-state index contributed by atoms with van der Waals surface area (Å²) in [5.41, 5.74) is 1.94. The molecular weight excluding hydrogens is 326 g/mol. The van der Waals surface area contributed by atoms with Crippen molar-refractivity contribution >= 4 is 11.8 Å². The first-order chi connectivity index (χ1) is 12.6. The zero-order valence-corrected chi connectivity index (χ0v) is 15.4. The van der Waals surface area contributed by atoms with Crippen molar-refractivity contribution in [3.05, 3.63) is 71.8 Å². The lowest BCUT2D eigenvalue weighted by atomic mass is 10.1. The number of hydrogen-bond acceptors (Lipinski definition) is 3. The van der Waals surface area contributed by atoms with Crippen LogP contribution < -0.4 is 10.6 Å². The molecule has 0 heterocycles. The van der Waals surface area contributed by atoms with E-state index < -0.39 is 6.04 Å². The number of likely N-dealkylation sites (N-methyl/N-ethyl adjacent to an activating group) is 1. The van der Waals surface area contributed by atoms with Gasteiger partial charge < -0.3 is 10.6 Å². The van der Waals surface area contributed by atoms with Crippen molar-refractivity contribution < 1.29 is 9.59 Å². The van der Waals surface area contributed by atoms with Crippen LogP contribution in [0.5, 0.6) is 0 Å². The van der Waals surface area contributed by atoms with Crippen LogP contribution in [0.1, 0.15) is 30.5 Å². The second-order valence-electron chi connectivity index (χ2n) is 6.22. The van der Waals surface area contributed by atoms with E-state index in [4.69, 9.17) is 0 Å². The Morgan fingerprint density at radius 3 is 2.19 bits per heavy atom. The number of nitrogens with zero attached hydrogens (tertiary/aromatic N) is 1. The molecule has 0 saturated heterocycles. The first-order valence-electron chi connectivity index (χ1n) is 8.96. The lowest BCUT2D eigenvalue weighted by Crippen LogP contribution is -2.43. The Morgan fingerprint density at radius 1 is 1.00 bits per heavy atom. The highest BCUT2D eigenvalue weighted by Gasteiger charge is 2.22. The molecule has 0 spiro atoms. The summed E-state index contributed by atoms with van der Waals surface area (Å²) in [4.78, 5) is 26.9. The van der Waals surface area contributed by atoms with Crippen LogP contribution in [0, 0.1) is 0 Å². The number of rotatable bonds is 9. The fourth-order valence-electron chi connectivity index (χ4n) is 2.87. The van der Waals surface area contributed by atoms with E-state index in [-0.39, 0.29) is 18.4 Å². The molecule has 1 unspecified atom stereocenters. The molecule has 1 atom stereocenters. The van der Waals surface area contributed by atoms with Crippen molar-refractivity contribution in [3.8, 4) is 0 Å². The largest absolute Gasteiger partial charge is 0.357 e. The summed E-state index contributed by atoms with van der Waals surface area (Å²) in [6.07, 6.45) is 0.956. The number of benzene rings is 2. The molecule has 5 nitrogen and oxygen atoms in total. The van der Waals surface area contributed by atoms with Crippen LogP contribution in [0.15, 0.2) is 60.7 Å². The predicted octanol–water partition coefficient (Wildman–Crippen LogP) is 2.50. The van der Waals surface area contributed by atoms with Gasteiger partial charge in [0.1, 0.15) is 6.04 Å². The summed E-state index contributed by atoms with van der Waals surface area (Å²) in [6.45, 7) is 3.87. The zero-order valence-electron chi connectivity index (χ0n) is 15.4. The molecule has 0 saturated carbocycles. The third kappa shape index (κ3) is 6.01. The fraction of sp³-hybridized carbons (Fsp3) is 0.333. The molecule has 5 heteroatoms. The van der Waals surface area contributed by atoms with Gasteiger partial charge in [0.2, 0.25) is 11.8 Å². The topological polar surface area (TPSA) is 61.4 Å².